The van der Waals surface area contributed by atoms with Crippen molar-refractivity contribution in [3.63, 3.8) is 0 Å². The zero-order chi connectivity index (χ0) is 13.1. The van der Waals surface area contributed by atoms with Gasteiger partial charge in [0.1, 0.15) is 0 Å². The highest BCUT2D eigenvalue weighted by molar-refractivity contribution is 5.72. The largest absolute Gasteiger partial charge is 0.479 e. The standard InChI is InChI=1S/C13H27NO3/c1-4-7-9-14(10-8-5-2)11-12(13(15)16)17-6-3/h12H,4-11H2,1-3H3,(H,15,16). The van der Waals surface area contributed by atoms with Gasteiger partial charge in [-0.25, -0.2) is 4.79 Å². The number of hydrogen-bond donors (Lipinski definition) is 1. The topological polar surface area (TPSA) is 49.8 Å². The minimum atomic E-state index is -0.857. The number of carboxylic acid groups (broad SMARTS) is 1. The zero-order valence-corrected chi connectivity index (χ0v) is 11.4. The van der Waals surface area contributed by atoms with E-state index in [9.17, 15) is 4.79 Å². The van der Waals surface area contributed by atoms with E-state index in [0.29, 0.717) is 13.2 Å². The Morgan fingerprint density at radius 3 is 2.06 bits per heavy atom. The molecule has 4 nitrogen and oxygen atoms in total. The van der Waals surface area contributed by atoms with Crippen LogP contribution in [0.25, 0.3) is 0 Å². The van der Waals surface area contributed by atoms with Gasteiger partial charge in [0.15, 0.2) is 6.10 Å². The number of carboxylic acids is 1. The third-order valence-corrected chi connectivity index (χ3v) is 2.72. The Labute approximate surface area is 105 Å². The fourth-order valence-corrected chi connectivity index (χ4v) is 1.70. The third kappa shape index (κ3) is 8.16. The molecule has 0 radical (unpaired) electrons. The fraction of sp³-hybridized carbons (Fsp3) is 0.923. The number of rotatable bonds is 11. The van der Waals surface area contributed by atoms with Gasteiger partial charge in [-0.3, -0.25) is 0 Å². The lowest BCUT2D eigenvalue weighted by Gasteiger charge is -2.25. The SMILES string of the molecule is CCCCN(CCCC)CC(OCC)C(=O)O. The molecule has 0 aromatic heterocycles. The molecule has 1 unspecified atom stereocenters. The van der Waals surface area contributed by atoms with Crippen LogP contribution in [-0.2, 0) is 9.53 Å². The molecule has 17 heavy (non-hydrogen) atoms. The van der Waals surface area contributed by atoms with Crippen molar-refractivity contribution in [3.8, 4) is 0 Å². The summed E-state index contributed by atoms with van der Waals surface area (Å²) in [5.74, 6) is -0.857. The average Bonchev–Trinajstić information content (AvgIpc) is 2.31. The summed E-state index contributed by atoms with van der Waals surface area (Å²) in [6.45, 7) is 9.01. The van der Waals surface area contributed by atoms with Crippen LogP contribution in [0, 0.1) is 0 Å². The molecule has 0 saturated heterocycles. The van der Waals surface area contributed by atoms with Gasteiger partial charge in [0.25, 0.3) is 0 Å². The quantitative estimate of drug-likeness (QED) is 0.607. The van der Waals surface area contributed by atoms with E-state index in [4.69, 9.17) is 9.84 Å². The van der Waals surface area contributed by atoms with Crippen molar-refractivity contribution in [1.82, 2.24) is 4.90 Å². The highest BCUT2D eigenvalue weighted by atomic mass is 16.5. The molecule has 0 spiro atoms. The van der Waals surface area contributed by atoms with Crippen LogP contribution in [0.2, 0.25) is 0 Å². The first-order valence-corrected chi connectivity index (χ1v) is 6.72. The first-order valence-electron chi connectivity index (χ1n) is 6.72. The molecule has 0 aliphatic heterocycles. The van der Waals surface area contributed by atoms with Crippen LogP contribution < -0.4 is 0 Å². The molecule has 0 aliphatic rings. The number of ether oxygens (including phenoxy) is 1. The molecule has 0 aliphatic carbocycles. The summed E-state index contributed by atoms with van der Waals surface area (Å²) in [6, 6.07) is 0. The van der Waals surface area contributed by atoms with Crippen LogP contribution in [0.5, 0.6) is 0 Å². The van der Waals surface area contributed by atoms with E-state index < -0.39 is 12.1 Å². The predicted octanol–water partition coefficient (Wildman–Crippen LogP) is 2.38. The normalized spacial score (nSPS) is 12.9. The maximum atomic E-state index is 11.0. The second-order valence-corrected chi connectivity index (χ2v) is 4.29. The van der Waals surface area contributed by atoms with Crippen LogP contribution in [0.15, 0.2) is 0 Å². The summed E-state index contributed by atoms with van der Waals surface area (Å²) in [7, 11) is 0. The second-order valence-electron chi connectivity index (χ2n) is 4.29. The lowest BCUT2D eigenvalue weighted by atomic mass is 10.2. The number of nitrogens with zero attached hydrogens (tertiary/aromatic N) is 1. The van der Waals surface area contributed by atoms with Gasteiger partial charge in [0.2, 0.25) is 0 Å². The maximum Gasteiger partial charge on any atom is 0.334 e. The molecule has 4 heteroatoms. The Morgan fingerprint density at radius 1 is 1.18 bits per heavy atom. The van der Waals surface area contributed by atoms with Crippen LogP contribution in [0.3, 0.4) is 0 Å². The molecule has 0 heterocycles. The summed E-state index contributed by atoms with van der Waals surface area (Å²) in [6.07, 6.45) is 3.81. The Hall–Kier alpha value is -0.610. The molecular weight excluding hydrogens is 218 g/mol. The molecule has 0 rings (SSSR count). The Kier molecular flexibility index (Phi) is 10.2. The van der Waals surface area contributed by atoms with Crippen LogP contribution in [0.1, 0.15) is 46.5 Å². The van der Waals surface area contributed by atoms with Crippen molar-refractivity contribution in [3.05, 3.63) is 0 Å². The van der Waals surface area contributed by atoms with Crippen LogP contribution in [-0.4, -0.2) is 48.3 Å². The molecule has 102 valence electrons. The van der Waals surface area contributed by atoms with Crippen molar-refractivity contribution in [1.29, 1.82) is 0 Å². The van der Waals surface area contributed by atoms with Gasteiger partial charge in [0.05, 0.1) is 0 Å². The highest BCUT2D eigenvalue weighted by Crippen LogP contribution is 2.03. The van der Waals surface area contributed by atoms with Crippen molar-refractivity contribution >= 4 is 5.97 Å². The van der Waals surface area contributed by atoms with Crippen molar-refractivity contribution in [2.75, 3.05) is 26.2 Å². The molecule has 1 atom stereocenters. The number of unbranched alkanes of at least 4 members (excludes halogenated alkanes) is 2. The zero-order valence-electron chi connectivity index (χ0n) is 11.4. The molecule has 0 aromatic carbocycles. The monoisotopic (exact) mass is 245 g/mol. The molecule has 0 aromatic rings. The van der Waals surface area contributed by atoms with Crippen LogP contribution in [0.4, 0.5) is 0 Å². The number of carbonyl (C=O) groups is 1. The van der Waals surface area contributed by atoms with Crippen LogP contribution >= 0.6 is 0 Å². The Balaban J connectivity index is 4.19. The lowest BCUT2D eigenvalue weighted by Crippen LogP contribution is -2.39. The molecule has 0 fully saturated rings. The summed E-state index contributed by atoms with van der Waals surface area (Å²) in [5, 5.41) is 9.05. The molecular formula is C13H27NO3. The number of aliphatic carboxylic acids is 1. The van der Waals surface area contributed by atoms with Gasteiger partial charge in [-0.1, -0.05) is 26.7 Å². The van der Waals surface area contributed by atoms with Gasteiger partial charge in [-0.05, 0) is 32.9 Å². The first kappa shape index (κ1) is 16.4. The molecule has 0 saturated carbocycles. The van der Waals surface area contributed by atoms with Crippen molar-refractivity contribution in [2.45, 2.75) is 52.6 Å². The van der Waals surface area contributed by atoms with E-state index in [1.54, 1.807) is 0 Å². The van der Waals surface area contributed by atoms with Gasteiger partial charge in [-0.2, -0.15) is 0 Å². The third-order valence-electron chi connectivity index (χ3n) is 2.72. The lowest BCUT2D eigenvalue weighted by molar-refractivity contribution is -0.151. The highest BCUT2D eigenvalue weighted by Gasteiger charge is 2.20. The number of hydrogen-bond acceptors (Lipinski definition) is 3. The Morgan fingerprint density at radius 2 is 1.71 bits per heavy atom. The molecule has 0 amide bonds. The summed E-state index contributed by atoms with van der Waals surface area (Å²) >= 11 is 0. The van der Waals surface area contributed by atoms with E-state index in [0.717, 1.165) is 38.8 Å². The van der Waals surface area contributed by atoms with Gasteiger partial charge in [0, 0.05) is 13.2 Å². The predicted molar refractivity (Wildman–Crippen MR) is 69.3 cm³/mol. The molecule has 0 bridgehead atoms. The smallest absolute Gasteiger partial charge is 0.334 e. The van der Waals surface area contributed by atoms with Gasteiger partial charge in [-0.15, -0.1) is 0 Å². The first-order chi connectivity index (χ1) is 8.15. The van der Waals surface area contributed by atoms with E-state index >= 15 is 0 Å². The summed E-state index contributed by atoms with van der Waals surface area (Å²) in [5.41, 5.74) is 0. The minimum Gasteiger partial charge on any atom is -0.479 e. The summed E-state index contributed by atoms with van der Waals surface area (Å²) < 4.78 is 5.25. The van der Waals surface area contributed by atoms with Crippen molar-refractivity contribution < 1.29 is 14.6 Å². The van der Waals surface area contributed by atoms with E-state index in [1.807, 2.05) is 6.92 Å². The maximum absolute atomic E-state index is 11.0. The minimum absolute atomic E-state index is 0.451. The second kappa shape index (κ2) is 10.5. The van der Waals surface area contributed by atoms with Crippen molar-refractivity contribution in [2.24, 2.45) is 0 Å². The Bertz CT molecular complexity index is 189. The van der Waals surface area contributed by atoms with E-state index in [2.05, 4.69) is 18.7 Å². The van der Waals surface area contributed by atoms with Gasteiger partial charge < -0.3 is 14.7 Å². The van der Waals surface area contributed by atoms with E-state index in [1.165, 1.54) is 0 Å². The molecule has 1 N–H and O–H groups in total. The average molecular weight is 245 g/mol. The summed E-state index contributed by atoms with van der Waals surface area (Å²) in [4.78, 5) is 13.2. The van der Waals surface area contributed by atoms with E-state index in [-0.39, 0.29) is 0 Å². The fourth-order valence-electron chi connectivity index (χ4n) is 1.70. The van der Waals surface area contributed by atoms with Gasteiger partial charge >= 0.3 is 5.97 Å².